The summed E-state index contributed by atoms with van der Waals surface area (Å²) in [5, 5.41) is 8.84. The van der Waals surface area contributed by atoms with Gasteiger partial charge in [0.25, 0.3) is 0 Å². The van der Waals surface area contributed by atoms with Crippen LogP contribution in [0.5, 0.6) is 0 Å². The van der Waals surface area contributed by atoms with Crippen LogP contribution in [0.25, 0.3) is 0 Å². The third-order valence-electron chi connectivity index (χ3n) is 3.03. The molecule has 2 rings (SSSR count). The number of halogens is 1. The highest BCUT2D eigenvalue weighted by Crippen LogP contribution is 2.21. The number of pyridine rings is 1. The lowest BCUT2D eigenvalue weighted by molar-refractivity contribution is -0.138. The quantitative estimate of drug-likeness (QED) is 0.880. The fourth-order valence-corrected chi connectivity index (χ4v) is 2.51. The summed E-state index contributed by atoms with van der Waals surface area (Å²) in [6.45, 7) is 0. The molecule has 0 bridgehead atoms. The Bertz CT molecular complexity index is 602. The second-order valence-electron chi connectivity index (χ2n) is 4.61. The fourth-order valence-electron chi connectivity index (χ4n) is 1.93. The van der Waals surface area contributed by atoms with Gasteiger partial charge < -0.3 is 10.8 Å². The minimum Gasteiger partial charge on any atom is -0.480 e. The Morgan fingerprint density at radius 2 is 1.95 bits per heavy atom. The van der Waals surface area contributed by atoms with Gasteiger partial charge in [0.1, 0.15) is 6.04 Å². The van der Waals surface area contributed by atoms with Crippen molar-refractivity contribution in [3.8, 4) is 0 Å². The number of aromatic nitrogens is 1. The Kier molecular flexibility index (Phi) is 4.87. The van der Waals surface area contributed by atoms with E-state index >= 15 is 0 Å². The van der Waals surface area contributed by atoms with Gasteiger partial charge in [-0.25, -0.2) is 0 Å². The third kappa shape index (κ3) is 3.88. The van der Waals surface area contributed by atoms with Gasteiger partial charge in [-0.15, -0.1) is 0 Å². The van der Waals surface area contributed by atoms with E-state index in [2.05, 4.69) is 20.9 Å². The van der Waals surface area contributed by atoms with E-state index < -0.39 is 12.0 Å². The van der Waals surface area contributed by atoms with E-state index in [1.807, 2.05) is 30.3 Å². The number of benzene rings is 1. The maximum absolute atomic E-state index is 10.8. The molecular weight excluding hydrogens is 320 g/mol. The van der Waals surface area contributed by atoms with E-state index in [-0.39, 0.29) is 0 Å². The first-order valence-corrected chi connectivity index (χ1v) is 7.00. The van der Waals surface area contributed by atoms with Gasteiger partial charge in [0, 0.05) is 16.9 Å². The Hall–Kier alpha value is -1.72. The van der Waals surface area contributed by atoms with Crippen molar-refractivity contribution in [2.45, 2.75) is 18.9 Å². The highest BCUT2D eigenvalue weighted by Gasteiger charge is 2.14. The van der Waals surface area contributed by atoms with E-state index in [1.54, 1.807) is 12.4 Å². The van der Waals surface area contributed by atoms with Crippen LogP contribution in [0.3, 0.4) is 0 Å². The zero-order chi connectivity index (χ0) is 14.5. The summed E-state index contributed by atoms with van der Waals surface area (Å²) in [5.41, 5.74) is 8.78. The summed E-state index contributed by atoms with van der Waals surface area (Å²) in [5.74, 6) is -0.988. The standard InChI is InChI=1S/C15H15BrN2O2/c16-13-8-11(7-10-3-5-18-6-4-10)1-2-12(13)9-14(17)15(19)20/h1-6,8,14H,7,9,17H2,(H,19,20)/t14-/m0/s1. The van der Waals surface area contributed by atoms with Gasteiger partial charge in [0.15, 0.2) is 0 Å². The molecule has 1 aromatic heterocycles. The second-order valence-corrected chi connectivity index (χ2v) is 5.46. The average molecular weight is 335 g/mol. The molecule has 0 unspecified atom stereocenters. The van der Waals surface area contributed by atoms with Gasteiger partial charge in [-0.1, -0.05) is 28.1 Å². The largest absolute Gasteiger partial charge is 0.480 e. The zero-order valence-electron chi connectivity index (χ0n) is 10.8. The maximum atomic E-state index is 10.8. The smallest absolute Gasteiger partial charge is 0.320 e. The van der Waals surface area contributed by atoms with Crippen LogP contribution in [0.15, 0.2) is 47.2 Å². The van der Waals surface area contributed by atoms with Crippen LogP contribution in [-0.4, -0.2) is 22.1 Å². The monoisotopic (exact) mass is 334 g/mol. The minimum absolute atomic E-state index is 0.311. The predicted octanol–water partition coefficient (Wildman–Crippen LogP) is 2.39. The fraction of sp³-hybridized carbons (Fsp3) is 0.200. The van der Waals surface area contributed by atoms with Crippen molar-refractivity contribution in [3.63, 3.8) is 0 Å². The Morgan fingerprint density at radius 3 is 2.55 bits per heavy atom. The maximum Gasteiger partial charge on any atom is 0.320 e. The van der Waals surface area contributed by atoms with Crippen LogP contribution >= 0.6 is 15.9 Å². The van der Waals surface area contributed by atoms with E-state index in [0.29, 0.717) is 6.42 Å². The first-order chi connectivity index (χ1) is 9.56. The number of rotatable bonds is 5. The van der Waals surface area contributed by atoms with Crippen LogP contribution < -0.4 is 5.73 Å². The number of nitrogens with two attached hydrogens (primary N) is 1. The predicted molar refractivity (Wildman–Crippen MR) is 80.5 cm³/mol. The molecule has 2 aromatic rings. The Morgan fingerprint density at radius 1 is 1.25 bits per heavy atom. The molecule has 0 fully saturated rings. The molecule has 3 N–H and O–H groups in total. The molecule has 20 heavy (non-hydrogen) atoms. The minimum atomic E-state index is -0.988. The van der Waals surface area contributed by atoms with Gasteiger partial charge in [-0.05, 0) is 47.7 Å². The van der Waals surface area contributed by atoms with Crippen LogP contribution in [0.1, 0.15) is 16.7 Å². The van der Waals surface area contributed by atoms with E-state index in [1.165, 1.54) is 5.56 Å². The molecule has 5 heteroatoms. The molecule has 0 saturated carbocycles. The molecule has 1 heterocycles. The van der Waals surface area contributed by atoms with Crippen molar-refractivity contribution < 1.29 is 9.90 Å². The zero-order valence-corrected chi connectivity index (χ0v) is 12.4. The van der Waals surface area contributed by atoms with E-state index in [9.17, 15) is 4.79 Å². The molecule has 4 nitrogen and oxygen atoms in total. The number of hydrogen-bond donors (Lipinski definition) is 2. The molecule has 0 radical (unpaired) electrons. The number of hydrogen-bond acceptors (Lipinski definition) is 3. The van der Waals surface area contributed by atoms with Gasteiger partial charge in [-0.2, -0.15) is 0 Å². The SMILES string of the molecule is N[C@@H](Cc1ccc(Cc2ccncc2)cc1Br)C(=O)O. The topological polar surface area (TPSA) is 76.2 Å². The molecule has 0 amide bonds. The second kappa shape index (κ2) is 6.63. The van der Waals surface area contributed by atoms with Crippen molar-refractivity contribution in [1.29, 1.82) is 0 Å². The molecule has 0 aliphatic heterocycles. The number of nitrogens with zero attached hydrogens (tertiary/aromatic N) is 1. The number of carboxylic acid groups (broad SMARTS) is 1. The molecule has 0 aliphatic carbocycles. The number of carbonyl (C=O) groups is 1. The first-order valence-electron chi connectivity index (χ1n) is 6.21. The molecule has 1 atom stereocenters. The Balaban J connectivity index is 2.11. The lowest BCUT2D eigenvalue weighted by atomic mass is 10.0. The van der Waals surface area contributed by atoms with Gasteiger partial charge in [0.05, 0.1) is 0 Å². The summed E-state index contributed by atoms with van der Waals surface area (Å²) >= 11 is 3.48. The van der Waals surface area contributed by atoms with Gasteiger partial charge >= 0.3 is 5.97 Å². The average Bonchev–Trinajstić information content (AvgIpc) is 2.42. The lowest BCUT2D eigenvalue weighted by Crippen LogP contribution is -2.32. The van der Waals surface area contributed by atoms with Crippen LogP contribution in [-0.2, 0) is 17.6 Å². The van der Waals surface area contributed by atoms with Crippen LogP contribution in [0.2, 0.25) is 0 Å². The number of aliphatic carboxylic acids is 1. The van der Waals surface area contributed by atoms with Gasteiger partial charge in [0.2, 0.25) is 0 Å². The molecular formula is C15H15BrN2O2. The van der Waals surface area contributed by atoms with Crippen molar-refractivity contribution in [2.75, 3.05) is 0 Å². The lowest BCUT2D eigenvalue weighted by Gasteiger charge is -2.10. The van der Waals surface area contributed by atoms with E-state index in [0.717, 1.165) is 22.0 Å². The summed E-state index contributed by atoms with van der Waals surface area (Å²) in [7, 11) is 0. The van der Waals surface area contributed by atoms with Crippen molar-refractivity contribution >= 4 is 21.9 Å². The number of carboxylic acids is 1. The normalized spacial score (nSPS) is 12.1. The van der Waals surface area contributed by atoms with Crippen LogP contribution in [0.4, 0.5) is 0 Å². The van der Waals surface area contributed by atoms with Crippen molar-refractivity contribution in [1.82, 2.24) is 4.98 Å². The summed E-state index contributed by atoms with van der Waals surface area (Å²) in [6, 6.07) is 8.99. The first kappa shape index (κ1) is 14.7. The van der Waals surface area contributed by atoms with E-state index in [4.69, 9.17) is 10.8 Å². The van der Waals surface area contributed by atoms with Gasteiger partial charge in [-0.3, -0.25) is 9.78 Å². The highest BCUT2D eigenvalue weighted by molar-refractivity contribution is 9.10. The van der Waals surface area contributed by atoms with Crippen LogP contribution in [0, 0.1) is 0 Å². The van der Waals surface area contributed by atoms with Crippen molar-refractivity contribution in [2.24, 2.45) is 5.73 Å². The summed E-state index contributed by atoms with van der Waals surface area (Å²) < 4.78 is 0.890. The molecule has 0 saturated heterocycles. The highest BCUT2D eigenvalue weighted by atomic mass is 79.9. The third-order valence-corrected chi connectivity index (χ3v) is 3.77. The molecule has 1 aromatic carbocycles. The summed E-state index contributed by atoms with van der Waals surface area (Å²) in [4.78, 5) is 14.8. The molecule has 0 spiro atoms. The van der Waals surface area contributed by atoms with Crippen molar-refractivity contribution in [3.05, 3.63) is 63.9 Å². The summed E-state index contributed by atoms with van der Waals surface area (Å²) in [6.07, 6.45) is 4.66. The Labute approximate surface area is 125 Å². The molecule has 104 valence electrons. The molecule has 0 aliphatic rings.